The summed E-state index contributed by atoms with van der Waals surface area (Å²) in [6.07, 6.45) is 0.336. The van der Waals surface area contributed by atoms with Gasteiger partial charge in [0, 0.05) is 12.1 Å². The van der Waals surface area contributed by atoms with Gasteiger partial charge in [0.2, 0.25) is 0 Å². The minimum Gasteiger partial charge on any atom is -0.488 e. The van der Waals surface area contributed by atoms with Gasteiger partial charge in [-0.15, -0.1) is 0 Å². The van der Waals surface area contributed by atoms with Crippen LogP contribution in [0.2, 0.25) is 0 Å². The lowest BCUT2D eigenvalue weighted by Gasteiger charge is -2.36. The van der Waals surface area contributed by atoms with Crippen molar-refractivity contribution < 1.29 is 28.9 Å². The van der Waals surface area contributed by atoms with Gasteiger partial charge in [0.1, 0.15) is 17.9 Å². The first-order chi connectivity index (χ1) is 12.6. The first kappa shape index (κ1) is 21.2. The number of ether oxygens (including phenoxy) is 2. The molecule has 27 heavy (non-hydrogen) atoms. The van der Waals surface area contributed by atoms with Crippen molar-refractivity contribution in [1.82, 2.24) is 0 Å². The highest BCUT2D eigenvalue weighted by atomic mass is 31.2. The molecule has 3 atom stereocenters. The Morgan fingerprint density at radius 2 is 1.81 bits per heavy atom. The van der Waals surface area contributed by atoms with E-state index in [0.717, 1.165) is 0 Å². The number of hydrogen-bond donors (Lipinski definition) is 3. The van der Waals surface area contributed by atoms with Gasteiger partial charge in [-0.05, 0) is 31.1 Å². The molecule has 0 aromatic heterocycles. The molecule has 2 rings (SSSR count). The van der Waals surface area contributed by atoms with Crippen molar-refractivity contribution in [3.63, 3.8) is 0 Å². The number of rotatable bonds is 6. The predicted octanol–water partition coefficient (Wildman–Crippen LogP) is 2.51. The lowest BCUT2D eigenvalue weighted by Crippen LogP contribution is -2.37. The molecule has 9 heteroatoms. The van der Waals surface area contributed by atoms with Crippen LogP contribution in [0.1, 0.15) is 44.2 Å². The molecule has 1 fully saturated rings. The van der Waals surface area contributed by atoms with Gasteiger partial charge >= 0.3 is 7.60 Å². The molecule has 8 nitrogen and oxygen atoms in total. The lowest BCUT2D eigenvalue weighted by molar-refractivity contribution is -0.00225. The summed E-state index contributed by atoms with van der Waals surface area (Å²) in [5.41, 5.74) is 0.115. The number of aliphatic hydroxyl groups is 1. The van der Waals surface area contributed by atoms with Crippen LogP contribution in [0.5, 0.6) is 11.5 Å². The Kier molecular flexibility index (Phi) is 6.86. The average molecular weight is 394 g/mol. The van der Waals surface area contributed by atoms with Crippen molar-refractivity contribution in [2.24, 2.45) is 11.8 Å². The molecule has 0 amide bonds. The second-order valence-electron chi connectivity index (χ2n) is 7.04. The topological polar surface area (TPSA) is 144 Å². The van der Waals surface area contributed by atoms with Gasteiger partial charge in [-0.2, -0.15) is 10.5 Å². The summed E-state index contributed by atoms with van der Waals surface area (Å²) in [5, 5.41) is 29.0. The Hall–Kier alpha value is -2.09. The van der Waals surface area contributed by atoms with Gasteiger partial charge in [-0.25, -0.2) is 0 Å². The van der Waals surface area contributed by atoms with Crippen LogP contribution >= 0.6 is 7.60 Å². The fraction of sp³-hybridized carbons (Fsp3) is 0.556. The maximum absolute atomic E-state index is 10.9. The van der Waals surface area contributed by atoms with Gasteiger partial charge in [0.25, 0.3) is 0 Å². The summed E-state index contributed by atoms with van der Waals surface area (Å²) >= 11 is 0. The normalized spacial score (nSPS) is 22.7. The Balaban J connectivity index is 2.25. The van der Waals surface area contributed by atoms with E-state index in [0.29, 0.717) is 19.3 Å². The van der Waals surface area contributed by atoms with Crippen LogP contribution in [-0.4, -0.2) is 33.4 Å². The summed E-state index contributed by atoms with van der Waals surface area (Å²) in [5.74, 6) is 0.497. The Morgan fingerprint density at radius 3 is 2.30 bits per heavy atom. The number of nitriles is 2. The molecule has 1 aliphatic carbocycles. The van der Waals surface area contributed by atoms with E-state index in [9.17, 15) is 20.2 Å². The molecular weight excluding hydrogens is 371 g/mol. The van der Waals surface area contributed by atoms with Crippen molar-refractivity contribution in [3.8, 4) is 23.6 Å². The fourth-order valence-corrected chi connectivity index (χ4v) is 3.59. The summed E-state index contributed by atoms with van der Waals surface area (Å²) in [4.78, 5) is 17.8. The smallest absolute Gasteiger partial charge is 0.362 e. The van der Waals surface area contributed by atoms with Gasteiger partial charge in [-0.1, -0.05) is 13.8 Å². The Morgan fingerprint density at radius 1 is 1.22 bits per heavy atom. The van der Waals surface area contributed by atoms with E-state index in [2.05, 4.69) is 0 Å². The fourth-order valence-electron chi connectivity index (χ4n) is 3.28. The largest absolute Gasteiger partial charge is 0.488 e. The molecule has 0 aliphatic heterocycles. The molecule has 1 aliphatic rings. The third kappa shape index (κ3) is 5.69. The molecule has 1 saturated carbocycles. The zero-order valence-corrected chi connectivity index (χ0v) is 16.1. The minimum atomic E-state index is -4.38. The van der Waals surface area contributed by atoms with E-state index in [1.807, 2.05) is 26.0 Å². The van der Waals surface area contributed by atoms with Crippen molar-refractivity contribution in [3.05, 3.63) is 23.3 Å². The summed E-state index contributed by atoms with van der Waals surface area (Å²) in [6, 6.07) is 6.47. The molecule has 146 valence electrons. The lowest BCUT2D eigenvalue weighted by atomic mass is 9.78. The van der Waals surface area contributed by atoms with E-state index >= 15 is 0 Å². The first-order valence-electron chi connectivity index (χ1n) is 8.65. The molecule has 1 aromatic rings. The zero-order valence-electron chi connectivity index (χ0n) is 15.2. The van der Waals surface area contributed by atoms with Gasteiger partial charge in [0.05, 0.1) is 23.3 Å². The highest BCUT2D eigenvalue weighted by Gasteiger charge is 2.33. The molecule has 3 N–H and O–H groups in total. The standard InChI is InChI=1S/C18H23N2O6P/c1-11(2)16-7-14(3-4-17(16)21)26-18-12(8-19)5-15(6-13(18)9-20)25-10-27(22,23)24/h5-6,11,14,16-17,21H,3-4,7,10H2,1-2H3,(H2,22,23,24). The van der Waals surface area contributed by atoms with Crippen molar-refractivity contribution in [1.29, 1.82) is 10.5 Å². The van der Waals surface area contributed by atoms with Crippen LogP contribution in [-0.2, 0) is 4.57 Å². The molecule has 0 radical (unpaired) electrons. The van der Waals surface area contributed by atoms with Crippen molar-refractivity contribution in [2.45, 2.75) is 45.3 Å². The van der Waals surface area contributed by atoms with Gasteiger partial charge in [0.15, 0.2) is 12.1 Å². The molecule has 0 saturated heterocycles. The second kappa shape index (κ2) is 8.73. The highest BCUT2D eigenvalue weighted by molar-refractivity contribution is 7.51. The van der Waals surface area contributed by atoms with Crippen molar-refractivity contribution in [2.75, 3.05) is 6.35 Å². The zero-order chi connectivity index (χ0) is 20.2. The third-order valence-electron chi connectivity index (χ3n) is 4.66. The predicted molar refractivity (Wildman–Crippen MR) is 96.0 cm³/mol. The number of aliphatic hydroxyl groups excluding tert-OH is 1. The van der Waals surface area contributed by atoms with Crippen molar-refractivity contribution >= 4 is 7.60 Å². The Labute approximate surface area is 158 Å². The number of benzene rings is 1. The maximum Gasteiger partial charge on any atom is 0.362 e. The average Bonchev–Trinajstić information content (AvgIpc) is 2.61. The van der Waals surface area contributed by atoms with E-state index < -0.39 is 13.9 Å². The summed E-state index contributed by atoms with van der Waals surface area (Å²) in [6.45, 7) is 4.07. The Bertz CT molecular complexity index is 772. The summed E-state index contributed by atoms with van der Waals surface area (Å²) in [7, 11) is -4.38. The van der Waals surface area contributed by atoms with E-state index in [1.165, 1.54) is 12.1 Å². The SMILES string of the molecule is CC(C)C1CC(Oc2c(C#N)cc(OCP(=O)(O)O)cc2C#N)CCC1O. The second-order valence-corrected chi connectivity index (χ2v) is 8.62. The molecule has 0 heterocycles. The molecule has 0 bridgehead atoms. The number of nitrogens with zero attached hydrogens (tertiary/aromatic N) is 2. The minimum absolute atomic E-state index is 0.0119. The highest BCUT2D eigenvalue weighted by Crippen LogP contribution is 2.38. The van der Waals surface area contributed by atoms with Gasteiger partial charge < -0.3 is 24.4 Å². The molecule has 1 aromatic carbocycles. The monoisotopic (exact) mass is 394 g/mol. The van der Waals surface area contributed by atoms with Crippen LogP contribution in [0.15, 0.2) is 12.1 Å². The maximum atomic E-state index is 10.9. The van der Waals surface area contributed by atoms with E-state index in [4.69, 9.17) is 19.3 Å². The summed E-state index contributed by atoms with van der Waals surface area (Å²) < 4.78 is 21.9. The molecule has 3 unspecified atom stereocenters. The van der Waals surface area contributed by atoms with Crippen LogP contribution < -0.4 is 9.47 Å². The van der Waals surface area contributed by atoms with E-state index in [-0.39, 0.29) is 46.7 Å². The van der Waals surface area contributed by atoms with Crippen LogP contribution in [0, 0.1) is 34.5 Å². The molecule has 0 spiro atoms. The quantitative estimate of drug-likeness (QED) is 0.624. The first-order valence-corrected chi connectivity index (χ1v) is 10.4. The van der Waals surface area contributed by atoms with Crippen LogP contribution in [0.4, 0.5) is 0 Å². The van der Waals surface area contributed by atoms with E-state index in [1.54, 1.807) is 0 Å². The van der Waals surface area contributed by atoms with Gasteiger partial charge in [-0.3, -0.25) is 4.57 Å². The van der Waals surface area contributed by atoms with Crippen LogP contribution in [0.3, 0.4) is 0 Å². The number of hydrogen-bond acceptors (Lipinski definition) is 6. The molecular formula is C18H23N2O6P. The van der Waals surface area contributed by atoms with Crippen LogP contribution in [0.25, 0.3) is 0 Å². The third-order valence-corrected chi connectivity index (χ3v) is 5.12.